The van der Waals surface area contributed by atoms with Crippen LogP contribution in [0.5, 0.6) is 5.75 Å². The number of benzene rings is 3. The zero-order valence-electron chi connectivity index (χ0n) is 24.4. The molecule has 0 spiro atoms. The van der Waals surface area contributed by atoms with Crippen LogP contribution < -0.4 is 9.46 Å². The Hall–Kier alpha value is -3.16. The molecule has 1 heterocycles. The van der Waals surface area contributed by atoms with Crippen LogP contribution in [0.15, 0.2) is 76.5 Å². The van der Waals surface area contributed by atoms with E-state index in [1.54, 1.807) is 36.1 Å². The van der Waals surface area contributed by atoms with Crippen molar-refractivity contribution < 1.29 is 31.5 Å². The van der Waals surface area contributed by atoms with E-state index < -0.39 is 32.2 Å². The fourth-order valence-corrected chi connectivity index (χ4v) is 7.14. The summed E-state index contributed by atoms with van der Waals surface area (Å²) in [5.41, 5.74) is 1.58. The molecule has 0 radical (unpaired) electrons. The number of rotatable bonds is 9. The van der Waals surface area contributed by atoms with E-state index in [1.165, 1.54) is 53.8 Å². The van der Waals surface area contributed by atoms with Crippen molar-refractivity contribution in [3.05, 3.63) is 82.9 Å². The molecular weight excluding hydrogens is 614 g/mol. The quantitative estimate of drug-likeness (QED) is 0.359. The van der Waals surface area contributed by atoms with Crippen molar-refractivity contribution in [1.29, 1.82) is 0 Å². The number of anilines is 1. The van der Waals surface area contributed by atoms with Crippen molar-refractivity contribution in [3.8, 4) is 5.75 Å². The Morgan fingerprint density at radius 3 is 2.30 bits per heavy atom. The predicted octanol–water partition coefficient (Wildman–Crippen LogP) is 3.92. The molecule has 3 atom stereocenters. The Balaban J connectivity index is 1.68. The van der Waals surface area contributed by atoms with Gasteiger partial charge in [-0.05, 0) is 68.4 Å². The van der Waals surface area contributed by atoms with Crippen LogP contribution in [0, 0.1) is 12.8 Å². The van der Waals surface area contributed by atoms with Gasteiger partial charge >= 0.3 is 0 Å². The van der Waals surface area contributed by atoms with Gasteiger partial charge in [0.15, 0.2) is 0 Å². The molecule has 0 saturated heterocycles. The molecule has 0 aliphatic carbocycles. The van der Waals surface area contributed by atoms with Crippen LogP contribution in [0.1, 0.15) is 25.0 Å². The van der Waals surface area contributed by atoms with Crippen LogP contribution in [0.3, 0.4) is 0 Å². The molecule has 1 aliphatic rings. The number of carbonyl (C=O) groups excluding carboxylic acids is 1. The molecule has 43 heavy (non-hydrogen) atoms. The summed E-state index contributed by atoms with van der Waals surface area (Å²) in [6.45, 7) is 5.34. The average molecular weight is 650 g/mol. The van der Waals surface area contributed by atoms with E-state index in [-0.39, 0.29) is 53.4 Å². The van der Waals surface area contributed by atoms with Crippen LogP contribution in [0.4, 0.5) is 5.69 Å². The molecule has 1 aliphatic heterocycles. The van der Waals surface area contributed by atoms with Crippen molar-refractivity contribution in [2.24, 2.45) is 5.92 Å². The molecule has 0 bridgehead atoms. The minimum absolute atomic E-state index is 0.0388. The Morgan fingerprint density at radius 2 is 1.67 bits per heavy atom. The third kappa shape index (κ3) is 7.68. The van der Waals surface area contributed by atoms with Crippen LogP contribution in [0.2, 0.25) is 5.02 Å². The lowest BCUT2D eigenvalue weighted by molar-refractivity contribution is -0.134. The lowest BCUT2D eigenvalue weighted by Crippen LogP contribution is -2.48. The van der Waals surface area contributed by atoms with E-state index in [0.717, 1.165) is 5.56 Å². The van der Waals surface area contributed by atoms with E-state index in [4.69, 9.17) is 16.3 Å². The first-order valence-corrected chi connectivity index (χ1v) is 17.0. The number of hydrogen-bond donors (Lipinski definition) is 2. The van der Waals surface area contributed by atoms with E-state index in [1.807, 2.05) is 13.8 Å². The maximum absolute atomic E-state index is 13.5. The molecule has 10 nitrogen and oxygen atoms in total. The number of hydrogen-bond acceptors (Lipinski definition) is 7. The summed E-state index contributed by atoms with van der Waals surface area (Å²) >= 11 is 5.94. The Morgan fingerprint density at radius 1 is 1.05 bits per heavy atom. The Bertz CT molecular complexity index is 1660. The molecule has 1 amide bonds. The SMILES string of the molecule is Cc1ccc(S(=O)(=O)Nc2ccc3c(c2)CC(=O)N([C@@H](C)CO)C[C@H](C)[C@H](CN(C)S(=O)(=O)c2ccc(Cl)cc2)O3)cc1. The highest BCUT2D eigenvalue weighted by Crippen LogP contribution is 2.31. The fraction of sp³-hybridized carbons (Fsp3) is 0.367. The van der Waals surface area contributed by atoms with Gasteiger partial charge in [0.25, 0.3) is 10.0 Å². The van der Waals surface area contributed by atoms with E-state index in [0.29, 0.717) is 16.3 Å². The fourth-order valence-electron chi connectivity index (χ4n) is 4.78. The minimum atomic E-state index is -3.90. The predicted molar refractivity (Wildman–Crippen MR) is 165 cm³/mol. The number of nitrogens with zero attached hydrogens (tertiary/aromatic N) is 2. The third-order valence-electron chi connectivity index (χ3n) is 7.46. The molecule has 232 valence electrons. The molecule has 0 unspecified atom stereocenters. The van der Waals surface area contributed by atoms with E-state index in [2.05, 4.69) is 4.72 Å². The van der Waals surface area contributed by atoms with Crippen molar-refractivity contribution in [1.82, 2.24) is 9.21 Å². The van der Waals surface area contributed by atoms with Gasteiger partial charge in [0, 0.05) is 35.8 Å². The Labute approximate surface area is 258 Å². The standard InChI is InChI=1S/C30H36ClN3O7S2/c1-20-5-10-26(11-6-20)42(37,38)32-25-9-14-28-23(15-25)16-30(36)34(22(3)19-35)17-21(2)29(41-28)18-33(4)43(39,40)27-12-7-24(31)8-13-27/h5-15,21-22,29,32,35H,16-19H2,1-4H3/t21-,22-,29-/m0/s1. The lowest BCUT2D eigenvalue weighted by atomic mass is 10.0. The van der Waals surface area contributed by atoms with Crippen molar-refractivity contribution in [2.45, 2.75) is 49.1 Å². The van der Waals surface area contributed by atoms with Crippen molar-refractivity contribution in [2.75, 3.05) is 31.5 Å². The molecule has 0 aromatic heterocycles. The maximum atomic E-state index is 13.5. The Kier molecular flexibility index (Phi) is 10.1. The number of amides is 1. The lowest BCUT2D eigenvalue weighted by Gasteiger charge is -2.33. The van der Waals surface area contributed by atoms with E-state index >= 15 is 0 Å². The van der Waals surface area contributed by atoms with Gasteiger partial charge in [-0.2, -0.15) is 4.31 Å². The van der Waals surface area contributed by atoms with Crippen LogP contribution >= 0.6 is 11.6 Å². The average Bonchev–Trinajstić information content (AvgIpc) is 3.00. The second kappa shape index (κ2) is 13.2. The molecule has 2 N–H and O–H groups in total. The van der Waals surface area contributed by atoms with Crippen LogP contribution in [-0.4, -0.2) is 75.9 Å². The molecule has 3 aromatic rings. The zero-order chi connectivity index (χ0) is 31.5. The highest BCUT2D eigenvalue weighted by atomic mass is 35.5. The van der Waals surface area contributed by atoms with Crippen LogP contribution in [0.25, 0.3) is 0 Å². The summed E-state index contributed by atoms with van der Waals surface area (Å²) in [7, 11) is -6.34. The largest absolute Gasteiger partial charge is 0.488 e. The zero-order valence-corrected chi connectivity index (χ0v) is 26.8. The number of carbonyl (C=O) groups is 1. The minimum Gasteiger partial charge on any atom is -0.488 e. The van der Waals surface area contributed by atoms with E-state index in [9.17, 15) is 26.7 Å². The molecule has 0 fully saturated rings. The van der Waals surface area contributed by atoms with Gasteiger partial charge in [0.1, 0.15) is 11.9 Å². The molecular formula is C30H36ClN3O7S2. The molecule has 0 saturated carbocycles. The topological polar surface area (TPSA) is 133 Å². The number of likely N-dealkylation sites (N-methyl/N-ethyl adjacent to an activating group) is 1. The third-order valence-corrected chi connectivity index (χ3v) is 10.9. The first kappa shape index (κ1) is 32.7. The second-order valence-corrected chi connectivity index (χ2v) is 15.0. The normalized spacial score (nSPS) is 18.7. The summed E-state index contributed by atoms with van der Waals surface area (Å²) in [5.74, 6) is -0.287. The second-order valence-electron chi connectivity index (χ2n) is 10.9. The maximum Gasteiger partial charge on any atom is 0.261 e. The highest BCUT2D eigenvalue weighted by Gasteiger charge is 2.33. The summed E-state index contributed by atoms with van der Waals surface area (Å²) in [4.78, 5) is 15.2. The number of aliphatic hydroxyl groups is 1. The number of nitrogens with one attached hydrogen (secondary N) is 1. The van der Waals surface area contributed by atoms with Gasteiger partial charge in [-0.3, -0.25) is 9.52 Å². The van der Waals surface area contributed by atoms with Gasteiger partial charge in [0.2, 0.25) is 15.9 Å². The number of aryl methyl sites for hydroxylation is 1. The van der Waals surface area contributed by atoms with Gasteiger partial charge in [-0.1, -0.05) is 36.2 Å². The van der Waals surface area contributed by atoms with Crippen molar-refractivity contribution >= 4 is 43.2 Å². The molecule has 13 heteroatoms. The number of ether oxygens (including phenoxy) is 1. The summed E-state index contributed by atoms with van der Waals surface area (Å²) < 4.78 is 62.9. The van der Waals surface area contributed by atoms with Gasteiger partial charge in [-0.15, -0.1) is 0 Å². The number of aliphatic hydroxyl groups excluding tert-OH is 1. The number of fused-ring (bicyclic) bond motifs is 1. The van der Waals surface area contributed by atoms with Crippen molar-refractivity contribution in [3.63, 3.8) is 0 Å². The van der Waals surface area contributed by atoms with Crippen LogP contribution in [-0.2, 0) is 31.3 Å². The smallest absolute Gasteiger partial charge is 0.261 e. The number of halogens is 1. The number of sulfonamides is 2. The highest BCUT2D eigenvalue weighted by molar-refractivity contribution is 7.92. The van der Waals surface area contributed by atoms with Gasteiger partial charge in [-0.25, -0.2) is 16.8 Å². The molecule has 4 rings (SSSR count). The van der Waals surface area contributed by atoms with Gasteiger partial charge in [0.05, 0.1) is 35.4 Å². The monoisotopic (exact) mass is 649 g/mol. The summed E-state index contributed by atoms with van der Waals surface area (Å²) in [5, 5.41) is 10.3. The summed E-state index contributed by atoms with van der Waals surface area (Å²) in [6, 6.07) is 16.4. The first-order chi connectivity index (χ1) is 20.2. The molecule has 3 aromatic carbocycles. The first-order valence-electron chi connectivity index (χ1n) is 13.7. The summed E-state index contributed by atoms with van der Waals surface area (Å²) in [6.07, 6.45) is -0.807. The van der Waals surface area contributed by atoms with Gasteiger partial charge < -0.3 is 14.7 Å².